The van der Waals surface area contributed by atoms with E-state index >= 15 is 0 Å². The van der Waals surface area contributed by atoms with E-state index < -0.39 is 0 Å². The van der Waals surface area contributed by atoms with Crippen LogP contribution in [0.1, 0.15) is 26.1 Å². The van der Waals surface area contributed by atoms with E-state index in [4.69, 9.17) is 10.5 Å². The van der Waals surface area contributed by atoms with Gasteiger partial charge in [-0.3, -0.25) is 0 Å². The summed E-state index contributed by atoms with van der Waals surface area (Å²) in [5.41, 5.74) is 6.59. The average Bonchev–Trinajstić information content (AvgIpc) is 2.39. The van der Waals surface area contributed by atoms with Gasteiger partial charge in [0.25, 0.3) is 0 Å². The molecule has 19 heavy (non-hydrogen) atoms. The molecular formula is C14H18N4O. The van der Waals surface area contributed by atoms with Crippen molar-refractivity contribution in [1.82, 2.24) is 15.0 Å². The Morgan fingerprint density at radius 2 is 1.89 bits per heavy atom. The van der Waals surface area contributed by atoms with Gasteiger partial charge < -0.3 is 10.5 Å². The van der Waals surface area contributed by atoms with Crippen LogP contribution in [0.3, 0.4) is 0 Å². The highest BCUT2D eigenvalue weighted by molar-refractivity contribution is 5.64. The summed E-state index contributed by atoms with van der Waals surface area (Å²) < 4.78 is 5.59. The molecule has 0 radical (unpaired) electrons. The van der Waals surface area contributed by atoms with Gasteiger partial charge in [0.2, 0.25) is 5.95 Å². The second-order valence-electron chi connectivity index (χ2n) is 4.11. The zero-order chi connectivity index (χ0) is 13.7. The van der Waals surface area contributed by atoms with Gasteiger partial charge in [-0.15, -0.1) is 0 Å². The molecule has 0 unspecified atom stereocenters. The van der Waals surface area contributed by atoms with Crippen molar-refractivity contribution in [3.63, 3.8) is 0 Å². The molecule has 0 spiro atoms. The quantitative estimate of drug-likeness (QED) is 0.891. The second kappa shape index (κ2) is 6.13. The molecule has 5 nitrogen and oxygen atoms in total. The van der Waals surface area contributed by atoms with Gasteiger partial charge in [-0.25, -0.2) is 4.98 Å². The summed E-state index contributed by atoms with van der Waals surface area (Å²) in [5.74, 6) is 2.30. The van der Waals surface area contributed by atoms with E-state index in [0.717, 1.165) is 30.0 Å². The van der Waals surface area contributed by atoms with Crippen LogP contribution in [0.5, 0.6) is 5.75 Å². The summed E-state index contributed by atoms with van der Waals surface area (Å²) in [6.07, 6.45) is 1.76. The molecule has 0 saturated carbocycles. The summed E-state index contributed by atoms with van der Waals surface area (Å²) in [5, 5.41) is 0. The fraction of sp³-hybridized carbons (Fsp3) is 0.357. The summed E-state index contributed by atoms with van der Waals surface area (Å²) >= 11 is 0. The smallest absolute Gasteiger partial charge is 0.223 e. The van der Waals surface area contributed by atoms with Crippen LogP contribution in [0.15, 0.2) is 24.3 Å². The number of aromatic nitrogens is 3. The van der Waals surface area contributed by atoms with E-state index in [1.54, 1.807) is 0 Å². The molecule has 2 aromatic rings. The molecule has 0 aliphatic carbocycles. The topological polar surface area (TPSA) is 73.9 Å². The Labute approximate surface area is 112 Å². The van der Waals surface area contributed by atoms with Crippen molar-refractivity contribution in [3.05, 3.63) is 30.1 Å². The number of rotatable bonds is 5. The standard InChI is InChI=1S/C14H18N4O/c1-3-7-12-16-13(18-14(15)17-12)10-8-5-6-9-11(10)19-4-2/h5-6,8-9H,3-4,7H2,1-2H3,(H2,15,16,17,18). The lowest BCUT2D eigenvalue weighted by molar-refractivity contribution is 0.341. The number of nitrogen functional groups attached to an aromatic ring is 1. The lowest BCUT2D eigenvalue weighted by Gasteiger charge is -2.09. The summed E-state index contributed by atoms with van der Waals surface area (Å²) in [4.78, 5) is 12.8. The molecule has 0 aliphatic heterocycles. The lowest BCUT2D eigenvalue weighted by Crippen LogP contribution is -2.05. The molecule has 0 atom stereocenters. The van der Waals surface area contributed by atoms with Gasteiger partial charge in [-0.1, -0.05) is 19.1 Å². The van der Waals surface area contributed by atoms with Crippen LogP contribution in [0.4, 0.5) is 5.95 Å². The van der Waals surface area contributed by atoms with E-state index in [1.807, 2.05) is 31.2 Å². The minimum Gasteiger partial charge on any atom is -0.493 e. The number of para-hydroxylation sites is 1. The molecule has 2 N–H and O–H groups in total. The Morgan fingerprint density at radius 1 is 1.11 bits per heavy atom. The Morgan fingerprint density at radius 3 is 2.63 bits per heavy atom. The molecule has 2 rings (SSSR count). The SMILES string of the molecule is CCCc1nc(N)nc(-c2ccccc2OCC)n1. The third-order valence-corrected chi connectivity index (χ3v) is 2.60. The first kappa shape index (κ1) is 13.3. The lowest BCUT2D eigenvalue weighted by atomic mass is 10.2. The number of aryl methyl sites for hydroxylation is 1. The monoisotopic (exact) mass is 258 g/mol. The van der Waals surface area contributed by atoms with Crippen LogP contribution in [0.25, 0.3) is 11.4 Å². The van der Waals surface area contributed by atoms with Crippen LogP contribution in [-0.4, -0.2) is 21.6 Å². The van der Waals surface area contributed by atoms with Crippen LogP contribution in [0.2, 0.25) is 0 Å². The van der Waals surface area contributed by atoms with Crippen LogP contribution >= 0.6 is 0 Å². The molecule has 1 aromatic carbocycles. The van der Waals surface area contributed by atoms with Crippen molar-refractivity contribution in [2.75, 3.05) is 12.3 Å². The maximum absolute atomic E-state index is 5.75. The van der Waals surface area contributed by atoms with Gasteiger partial charge in [0.1, 0.15) is 11.6 Å². The number of hydrogen-bond acceptors (Lipinski definition) is 5. The largest absolute Gasteiger partial charge is 0.493 e. The molecule has 1 aromatic heterocycles. The van der Waals surface area contributed by atoms with Crippen molar-refractivity contribution >= 4 is 5.95 Å². The zero-order valence-corrected chi connectivity index (χ0v) is 11.3. The fourth-order valence-corrected chi connectivity index (χ4v) is 1.83. The Hall–Kier alpha value is -2.17. The number of ether oxygens (including phenoxy) is 1. The van der Waals surface area contributed by atoms with E-state index in [2.05, 4.69) is 21.9 Å². The summed E-state index contributed by atoms with van der Waals surface area (Å²) in [6, 6.07) is 7.68. The van der Waals surface area contributed by atoms with Crippen molar-refractivity contribution in [2.24, 2.45) is 0 Å². The minimum absolute atomic E-state index is 0.250. The molecule has 0 aliphatic rings. The van der Waals surface area contributed by atoms with E-state index in [1.165, 1.54) is 0 Å². The number of nitrogens with zero attached hydrogens (tertiary/aromatic N) is 3. The highest BCUT2D eigenvalue weighted by Gasteiger charge is 2.11. The van der Waals surface area contributed by atoms with Crippen LogP contribution in [-0.2, 0) is 6.42 Å². The van der Waals surface area contributed by atoms with E-state index in [0.29, 0.717) is 12.4 Å². The molecule has 0 fully saturated rings. The average molecular weight is 258 g/mol. The normalized spacial score (nSPS) is 10.4. The van der Waals surface area contributed by atoms with Gasteiger partial charge in [0.05, 0.1) is 12.2 Å². The van der Waals surface area contributed by atoms with Crippen LogP contribution < -0.4 is 10.5 Å². The first-order valence-electron chi connectivity index (χ1n) is 6.47. The molecule has 0 saturated heterocycles. The van der Waals surface area contributed by atoms with Gasteiger partial charge in [0.15, 0.2) is 5.82 Å². The number of anilines is 1. The fourth-order valence-electron chi connectivity index (χ4n) is 1.83. The highest BCUT2D eigenvalue weighted by Crippen LogP contribution is 2.27. The molecular weight excluding hydrogens is 240 g/mol. The Bertz CT molecular complexity index is 557. The van der Waals surface area contributed by atoms with E-state index in [-0.39, 0.29) is 5.95 Å². The summed E-state index contributed by atoms with van der Waals surface area (Å²) in [7, 11) is 0. The molecule has 5 heteroatoms. The van der Waals surface area contributed by atoms with Crippen molar-refractivity contribution < 1.29 is 4.74 Å². The van der Waals surface area contributed by atoms with E-state index in [9.17, 15) is 0 Å². The van der Waals surface area contributed by atoms with Gasteiger partial charge in [-0.2, -0.15) is 9.97 Å². The van der Waals surface area contributed by atoms with Crippen LogP contribution in [0, 0.1) is 0 Å². The maximum atomic E-state index is 5.75. The maximum Gasteiger partial charge on any atom is 0.223 e. The molecule has 1 heterocycles. The van der Waals surface area contributed by atoms with Crippen molar-refractivity contribution in [1.29, 1.82) is 0 Å². The van der Waals surface area contributed by atoms with Gasteiger partial charge in [0, 0.05) is 6.42 Å². The predicted octanol–water partition coefficient (Wildman–Crippen LogP) is 2.47. The second-order valence-corrected chi connectivity index (χ2v) is 4.11. The number of benzene rings is 1. The van der Waals surface area contributed by atoms with Crippen molar-refractivity contribution in [3.8, 4) is 17.1 Å². The summed E-state index contributed by atoms with van der Waals surface area (Å²) in [6.45, 7) is 4.62. The zero-order valence-electron chi connectivity index (χ0n) is 11.3. The first-order chi connectivity index (χ1) is 9.24. The first-order valence-corrected chi connectivity index (χ1v) is 6.47. The Balaban J connectivity index is 2.46. The molecule has 0 bridgehead atoms. The van der Waals surface area contributed by atoms with Gasteiger partial charge in [-0.05, 0) is 25.5 Å². The van der Waals surface area contributed by atoms with Crippen molar-refractivity contribution in [2.45, 2.75) is 26.7 Å². The number of hydrogen-bond donors (Lipinski definition) is 1. The third kappa shape index (κ3) is 3.19. The molecule has 0 amide bonds. The molecule has 100 valence electrons. The third-order valence-electron chi connectivity index (χ3n) is 2.60. The number of nitrogens with two attached hydrogens (primary N) is 1. The minimum atomic E-state index is 0.250. The Kier molecular flexibility index (Phi) is 4.28. The van der Waals surface area contributed by atoms with Gasteiger partial charge >= 0.3 is 0 Å². The highest BCUT2D eigenvalue weighted by atomic mass is 16.5. The predicted molar refractivity (Wildman–Crippen MR) is 74.8 cm³/mol.